The lowest BCUT2D eigenvalue weighted by Crippen LogP contribution is -2.40. The summed E-state index contributed by atoms with van der Waals surface area (Å²) in [6.07, 6.45) is 4.82. The van der Waals surface area contributed by atoms with E-state index >= 15 is 0 Å². The van der Waals surface area contributed by atoms with Crippen LogP contribution in [0, 0.1) is 0 Å². The van der Waals surface area contributed by atoms with E-state index in [9.17, 15) is 0 Å². The number of rotatable bonds is 6. The minimum Gasteiger partial charge on any atom is -0.476 e. The molecule has 0 aromatic carbocycles. The SMILES string of the molecule is CCCOc1nc(NCC2CCCCN2C)ccc1N. The van der Waals surface area contributed by atoms with Crippen molar-refractivity contribution in [3.05, 3.63) is 12.1 Å². The van der Waals surface area contributed by atoms with Crippen LogP contribution in [0.15, 0.2) is 12.1 Å². The third-order valence-corrected chi connectivity index (χ3v) is 3.77. The molecule has 1 aliphatic heterocycles. The summed E-state index contributed by atoms with van der Waals surface area (Å²) >= 11 is 0. The molecule has 0 spiro atoms. The van der Waals surface area contributed by atoms with Crippen LogP contribution in [0.3, 0.4) is 0 Å². The van der Waals surface area contributed by atoms with Crippen LogP contribution in [0.5, 0.6) is 5.88 Å². The predicted octanol–water partition coefficient (Wildman–Crippen LogP) is 2.35. The molecule has 1 aromatic heterocycles. The number of nitrogens with zero attached hydrogens (tertiary/aromatic N) is 2. The van der Waals surface area contributed by atoms with Crippen LogP contribution in [-0.4, -0.2) is 42.7 Å². The molecule has 0 aliphatic carbocycles. The maximum atomic E-state index is 5.87. The molecular formula is C15H26N4O. The van der Waals surface area contributed by atoms with E-state index in [4.69, 9.17) is 10.5 Å². The van der Waals surface area contributed by atoms with Gasteiger partial charge in [0.15, 0.2) is 0 Å². The van der Waals surface area contributed by atoms with Crippen molar-refractivity contribution in [2.75, 3.05) is 37.8 Å². The van der Waals surface area contributed by atoms with Gasteiger partial charge in [-0.25, -0.2) is 0 Å². The van der Waals surface area contributed by atoms with E-state index in [-0.39, 0.29) is 0 Å². The van der Waals surface area contributed by atoms with E-state index in [2.05, 4.69) is 29.2 Å². The van der Waals surface area contributed by atoms with E-state index in [1.807, 2.05) is 12.1 Å². The molecule has 0 amide bonds. The lowest BCUT2D eigenvalue weighted by Gasteiger charge is -2.32. The Bertz CT molecular complexity index is 424. The van der Waals surface area contributed by atoms with Crippen molar-refractivity contribution in [1.82, 2.24) is 9.88 Å². The Hall–Kier alpha value is -1.49. The third-order valence-electron chi connectivity index (χ3n) is 3.77. The number of hydrogen-bond donors (Lipinski definition) is 2. The average molecular weight is 278 g/mol. The smallest absolute Gasteiger partial charge is 0.239 e. The highest BCUT2D eigenvalue weighted by atomic mass is 16.5. The van der Waals surface area contributed by atoms with Crippen molar-refractivity contribution >= 4 is 11.5 Å². The quantitative estimate of drug-likeness (QED) is 0.836. The number of hydrogen-bond acceptors (Lipinski definition) is 5. The summed E-state index contributed by atoms with van der Waals surface area (Å²) in [7, 11) is 2.19. The van der Waals surface area contributed by atoms with Crippen molar-refractivity contribution in [3.63, 3.8) is 0 Å². The summed E-state index contributed by atoms with van der Waals surface area (Å²) < 4.78 is 5.55. The molecule has 112 valence electrons. The lowest BCUT2D eigenvalue weighted by atomic mass is 10.0. The highest BCUT2D eigenvalue weighted by molar-refractivity contribution is 5.53. The van der Waals surface area contributed by atoms with Gasteiger partial charge in [0.05, 0.1) is 12.3 Å². The molecule has 0 saturated carbocycles. The standard InChI is InChI=1S/C15H26N4O/c1-3-10-20-15-13(16)7-8-14(18-15)17-11-12-6-4-5-9-19(12)2/h7-8,12H,3-6,9-11,16H2,1-2H3,(H,17,18). The largest absolute Gasteiger partial charge is 0.476 e. The number of nitrogens with one attached hydrogen (secondary N) is 1. The molecule has 1 fully saturated rings. The fourth-order valence-corrected chi connectivity index (χ4v) is 2.49. The Morgan fingerprint density at radius 1 is 1.45 bits per heavy atom. The molecule has 0 bridgehead atoms. The van der Waals surface area contributed by atoms with Crippen LogP contribution in [0.1, 0.15) is 32.6 Å². The molecule has 5 heteroatoms. The zero-order chi connectivity index (χ0) is 14.4. The first-order valence-electron chi connectivity index (χ1n) is 7.54. The van der Waals surface area contributed by atoms with Crippen molar-refractivity contribution in [1.29, 1.82) is 0 Å². The van der Waals surface area contributed by atoms with Gasteiger partial charge < -0.3 is 20.7 Å². The fraction of sp³-hybridized carbons (Fsp3) is 0.667. The molecule has 2 heterocycles. The topological polar surface area (TPSA) is 63.4 Å². The van der Waals surface area contributed by atoms with Gasteiger partial charge in [-0.3, -0.25) is 0 Å². The van der Waals surface area contributed by atoms with Gasteiger partial charge in [-0.05, 0) is 45.0 Å². The number of anilines is 2. The van der Waals surface area contributed by atoms with Gasteiger partial charge in [0.25, 0.3) is 0 Å². The van der Waals surface area contributed by atoms with Crippen LogP contribution in [-0.2, 0) is 0 Å². The summed E-state index contributed by atoms with van der Waals surface area (Å²) in [6.45, 7) is 4.82. The number of aromatic nitrogens is 1. The molecule has 1 aromatic rings. The second kappa shape index (κ2) is 7.33. The van der Waals surface area contributed by atoms with E-state index in [1.165, 1.54) is 25.8 Å². The molecular weight excluding hydrogens is 252 g/mol. The number of nitrogens with two attached hydrogens (primary N) is 1. The predicted molar refractivity (Wildman–Crippen MR) is 83.2 cm³/mol. The Balaban J connectivity index is 1.91. The zero-order valence-electron chi connectivity index (χ0n) is 12.6. The molecule has 5 nitrogen and oxygen atoms in total. The second-order valence-corrected chi connectivity index (χ2v) is 5.45. The van der Waals surface area contributed by atoms with E-state index in [0.717, 1.165) is 18.8 Å². The first-order valence-corrected chi connectivity index (χ1v) is 7.54. The fourth-order valence-electron chi connectivity index (χ4n) is 2.49. The van der Waals surface area contributed by atoms with Gasteiger partial charge in [0.2, 0.25) is 5.88 Å². The van der Waals surface area contributed by atoms with Crippen molar-refractivity contribution in [2.24, 2.45) is 0 Å². The van der Waals surface area contributed by atoms with Crippen molar-refractivity contribution in [2.45, 2.75) is 38.6 Å². The number of ether oxygens (including phenoxy) is 1. The monoisotopic (exact) mass is 278 g/mol. The number of likely N-dealkylation sites (tertiary alicyclic amines) is 1. The van der Waals surface area contributed by atoms with Gasteiger partial charge in [0, 0.05) is 12.6 Å². The molecule has 1 saturated heterocycles. The van der Waals surface area contributed by atoms with Gasteiger partial charge in [-0.15, -0.1) is 0 Å². The number of piperidine rings is 1. The van der Waals surface area contributed by atoms with Gasteiger partial charge in [0.1, 0.15) is 5.82 Å². The van der Waals surface area contributed by atoms with E-state index in [1.54, 1.807) is 0 Å². The zero-order valence-corrected chi connectivity index (χ0v) is 12.6. The third kappa shape index (κ3) is 4.00. The van der Waals surface area contributed by atoms with Gasteiger partial charge >= 0.3 is 0 Å². The average Bonchev–Trinajstić information content (AvgIpc) is 2.46. The Labute approximate surface area is 121 Å². The Kier molecular flexibility index (Phi) is 5.47. The van der Waals surface area contributed by atoms with Crippen LogP contribution >= 0.6 is 0 Å². The maximum Gasteiger partial charge on any atom is 0.239 e. The summed E-state index contributed by atoms with van der Waals surface area (Å²) in [5.41, 5.74) is 6.46. The Morgan fingerprint density at radius 2 is 2.30 bits per heavy atom. The molecule has 20 heavy (non-hydrogen) atoms. The highest BCUT2D eigenvalue weighted by Gasteiger charge is 2.18. The summed E-state index contributed by atoms with van der Waals surface area (Å²) in [4.78, 5) is 6.86. The van der Waals surface area contributed by atoms with Crippen molar-refractivity contribution in [3.8, 4) is 5.88 Å². The molecule has 1 atom stereocenters. The minimum atomic E-state index is 0.536. The molecule has 0 radical (unpaired) electrons. The van der Waals surface area contributed by atoms with Gasteiger partial charge in [-0.2, -0.15) is 4.98 Å². The molecule has 2 rings (SSSR count). The lowest BCUT2D eigenvalue weighted by molar-refractivity contribution is 0.194. The molecule has 3 N–H and O–H groups in total. The van der Waals surface area contributed by atoms with Crippen LogP contribution in [0.2, 0.25) is 0 Å². The van der Waals surface area contributed by atoms with Crippen LogP contribution in [0.4, 0.5) is 11.5 Å². The summed E-state index contributed by atoms with van der Waals surface area (Å²) in [6, 6.07) is 4.35. The van der Waals surface area contributed by atoms with E-state index in [0.29, 0.717) is 24.2 Å². The van der Waals surface area contributed by atoms with Gasteiger partial charge in [-0.1, -0.05) is 13.3 Å². The first kappa shape index (κ1) is 14.9. The Morgan fingerprint density at radius 3 is 3.05 bits per heavy atom. The molecule has 1 unspecified atom stereocenters. The number of likely N-dealkylation sites (N-methyl/N-ethyl adjacent to an activating group) is 1. The molecule has 1 aliphatic rings. The first-order chi connectivity index (χ1) is 9.70. The summed E-state index contributed by atoms with van der Waals surface area (Å²) in [5, 5.41) is 3.40. The normalized spacial score (nSPS) is 19.8. The number of pyridine rings is 1. The maximum absolute atomic E-state index is 5.87. The minimum absolute atomic E-state index is 0.536. The van der Waals surface area contributed by atoms with Crippen molar-refractivity contribution < 1.29 is 4.74 Å². The van der Waals surface area contributed by atoms with E-state index < -0.39 is 0 Å². The highest BCUT2D eigenvalue weighted by Crippen LogP contribution is 2.22. The van der Waals surface area contributed by atoms with Crippen LogP contribution < -0.4 is 15.8 Å². The number of nitrogen functional groups attached to an aromatic ring is 1. The van der Waals surface area contributed by atoms with Crippen LogP contribution in [0.25, 0.3) is 0 Å². The summed E-state index contributed by atoms with van der Waals surface area (Å²) in [5.74, 6) is 1.37. The second-order valence-electron chi connectivity index (χ2n) is 5.45.